The summed E-state index contributed by atoms with van der Waals surface area (Å²) in [6.45, 7) is 5.61. The first-order valence-corrected chi connectivity index (χ1v) is 4.72. The van der Waals surface area contributed by atoms with E-state index >= 15 is 0 Å². The van der Waals surface area contributed by atoms with Crippen molar-refractivity contribution in [3.05, 3.63) is 0 Å². The Morgan fingerprint density at radius 2 is 1.67 bits per heavy atom. The van der Waals surface area contributed by atoms with Crippen molar-refractivity contribution in [3.63, 3.8) is 0 Å². The molecular formula is C10H18O2. The summed E-state index contributed by atoms with van der Waals surface area (Å²) < 4.78 is 0. The maximum atomic E-state index is 10.8. The van der Waals surface area contributed by atoms with Crippen LogP contribution in [-0.4, -0.2) is 11.6 Å². The van der Waals surface area contributed by atoms with E-state index in [1.165, 1.54) is 0 Å². The van der Waals surface area contributed by atoms with E-state index in [1.807, 2.05) is 13.8 Å². The van der Waals surface area contributed by atoms with Gasteiger partial charge >= 0.3 is 0 Å². The highest BCUT2D eigenvalue weighted by Gasteiger charge is 2.21. The molecule has 2 nitrogen and oxygen atoms in total. The monoisotopic (exact) mass is 170 g/mol. The second-order valence-electron chi connectivity index (χ2n) is 2.92. The molecule has 1 aliphatic rings. The van der Waals surface area contributed by atoms with Gasteiger partial charge in [0.05, 0.1) is 0 Å². The number of Topliss-reactive ketones (excluding diaryl/α,β-unsaturated/α-hetero) is 2. The summed E-state index contributed by atoms with van der Waals surface area (Å²) in [7, 11) is 0. The third-order valence-electron chi connectivity index (χ3n) is 2.12. The standard InChI is InChI=1S/C8H12O2.C2H6/c1-6(9)7-2-4-8(10)5-3-7;1-2/h7H,2-5H2,1H3;1-2H3. The highest BCUT2D eigenvalue weighted by atomic mass is 16.1. The highest BCUT2D eigenvalue weighted by Crippen LogP contribution is 2.21. The van der Waals surface area contributed by atoms with Crippen LogP contribution in [0.4, 0.5) is 0 Å². The Kier molecular flexibility index (Phi) is 5.60. The first kappa shape index (κ1) is 11.3. The lowest BCUT2D eigenvalue weighted by atomic mass is 9.86. The van der Waals surface area contributed by atoms with Crippen molar-refractivity contribution in [2.45, 2.75) is 46.5 Å². The van der Waals surface area contributed by atoms with Gasteiger partial charge in [0.1, 0.15) is 11.6 Å². The molecule has 0 aromatic rings. The molecule has 0 N–H and O–H groups in total. The molecule has 2 heteroatoms. The van der Waals surface area contributed by atoms with Gasteiger partial charge in [0.15, 0.2) is 0 Å². The summed E-state index contributed by atoms with van der Waals surface area (Å²) in [5.41, 5.74) is 0. The zero-order chi connectivity index (χ0) is 9.56. The number of ketones is 2. The van der Waals surface area contributed by atoms with E-state index in [-0.39, 0.29) is 11.7 Å². The molecular weight excluding hydrogens is 152 g/mol. The van der Waals surface area contributed by atoms with Gasteiger partial charge in [0.2, 0.25) is 0 Å². The highest BCUT2D eigenvalue weighted by molar-refractivity contribution is 5.84. The van der Waals surface area contributed by atoms with Gasteiger partial charge in [-0.15, -0.1) is 0 Å². The lowest BCUT2D eigenvalue weighted by molar-refractivity contribution is -0.125. The van der Waals surface area contributed by atoms with Crippen molar-refractivity contribution in [1.82, 2.24) is 0 Å². The summed E-state index contributed by atoms with van der Waals surface area (Å²) in [4.78, 5) is 21.5. The molecule has 1 fully saturated rings. The molecule has 0 aromatic heterocycles. The van der Waals surface area contributed by atoms with Crippen LogP contribution < -0.4 is 0 Å². The van der Waals surface area contributed by atoms with Crippen molar-refractivity contribution >= 4 is 11.6 Å². The number of carbonyl (C=O) groups excluding carboxylic acids is 2. The minimum absolute atomic E-state index is 0.178. The van der Waals surface area contributed by atoms with E-state index in [0.29, 0.717) is 18.6 Å². The molecule has 12 heavy (non-hydrogen) atoms. The number of carbonyl (C=O) groups is 2. The van der Waals surface area contributed by atoms with Crippen LogP contribution in [0.3, 0.4) is 0 Å². The maximum absolute atomic E-state index is 10.8. The van der Waals surface area contributed by atoms with Gasteiger partial charge in [-0.05, 0) is 19.8 Å². The molecule has 0 bridgehead atoms. The van der Waals surface area contributed by atoms with Gasteiger partial charge in [0.25, 0.3) is 0 Å². The smallest absolute Gasteiger partial charge is 0.132 e. The van der Waals surface area contributed by atoms with Gasteiger partial charge in [0, 0.05) is 18.8 Å². The molecule has 1 saturated carbocycles. The van der Waals surface area contributed by atoms with Crippen molar-refractivity contribution in [1.29, 1.82) is 0 Å². The van der Waals surface area contributed by atoms with Gasteiger partial charge < -0.3 is 0 Å². The summed E-state index contributed by atoms with van der Waals surface area (Å²) in [5, 5.41) is 0. The molecule has 0 atom stereocenters. The van der Waals surface area contributed by atoms with Crippen molar-refractivity contribution in [2.24, 2.45) is 5.92 Å². The van der Waals surface area contributed by atoms with Crippen molar-refractivity contribution < 1.29 is 9.59 Å². The Balaban J connectivity index is 0.000000561. The van der Waals surface area contributed by atoms with Crippen LogP contribution in [0.5, 0.6) is 0 Å². The summed E-state index contributed by atoms with van der Waals surface area (Å²) in [6, 6.07) is 0. The molecule has 0 heterocycles. The predicted octanol–water partition coefficient (Wildman–Crippen LogP) is 2.36. The Morgan fingerprint density at radius 1 is 1.25 bits per heavy atom. The van der Waals surface area contributed by atoms with Crippen LogP contribution in [-0.2, 0) is 9.59 Å². The normalized spacial score (nSPS) is 18.1. The molecule has 0 aliphatic heterocycles. The van der Waals surface area contributed by atoms with Crippen molar-refractivity contribution in [2.75, 3.05) is 0 Å². The van der Waals surface area contributed by atoms with Crippen LogP contribution in [0.15, 0.2) is 0 Å². The Morgan fingerprint density at radius 3 is 2.00 bits per heavy atom. The lowest BCUT2D eigenvalue weighted by Gasteiger charge is -2.17. The fraction of sp³-hybridized carbons (Fsp3) is 0.800. The molecule has 0 unspecified atom stereocenters. The molecule has 1 rings (SSSR count). The fourth-order valence-electron chi connectivity index (χ4n) is 1.35. The topological polar surface area (TPSA) is 34.1 Å². The van der Waals surface area contributed by atoms with Gasteiger partial charge in [-0.25, -0.2) is 0 Å². The predicted molar refractivity (Wildman–Crippen MR) is 49.0 cm³/mol. The second kappa shape index (κ2) is 5.92. The van der Waals surface area contributed by atoms with E-state index in [9.17, 15) is 9.59 Å². The third-order valence-corrected chi connectivity index (χ3v) is 2.12. The Hall–Kier alpha value is -0.660. The number of rotatable bonds is 1. The fourth-order valence-corrected chi connectivity index (χ4v) is 1.35. The summed E-state index contributed by atoms with van der Waals surface area (Å²) in [5.74, 6) is 0.739. The van der Waals surface area contributed by atoms with Gasteiger partial charge in [-0.1, -0.05) is 13.8 Å². The molecule has 0 saturated heterocycles. The first-order chi connectivity index (χ1) is 5.70. The molecule has 0 aromatic carbocycles. The number of hydrogen-bond acceptors (Lipinski definition) is 2. The molecule has 0 radical (unpaired) electrons. The minimum atomic E-state index is 0.178. The third kappa shape index (κ3) is 3.65. The van der Waals surface area contributed by atoms with E-state index < -0.39 is 0 Å². The van der Waals surface area contributed by atoms with E-state index in [4.69, 9.17) is 0 Å². The van der Waals surface area contributed by atoms with Crippen LogP contribution in [0.1, 0.15) is 46.5 Å². The first-order valence-electron chi connectivity index (χ1n) is 4.72. The quantitative estimate of drug-likeness (QED) is 0.605. The van der Waals surface area contributed by atoms with Crippen LogP contribution in [0.2, 0.25) is 0 Å². The maximum Gasteiger partial charge on any atom is 0.132 e. The minimum Gasteiger partial charge on any atom is -0.300 e. The molecule has 0 amide bonds. The van der Waals surface area contributed by atoms with Gasteiger partial charge in [-0.2, -0.15) is 0 Å². The lowest BCUT2D eigenvalue weighted by Crippen LogP contribution is -2.19. The van der Waals surface area contributed by atoms with E-state index in [0.717, 1.165) is 12.8 Å². The van der Waals surface area contributed by atoms with Crippen LogP contribution >= 0.6 is 0 Å². The molecule has 70 valence electrons. The zero-order valence-corrected chi connectivity index (χ0v) is 8.22. The summed E-state index contributed by atoms with van der Waals surface area (Å²) >= 11 is 0. The SMILES string of the molecule is CC.CC(=O)C1CCC(=O)CC1. The average molecular weight is 170 g/mol. The van der Waals surface area contributed by atoms with Crippen LogP contribution in [0, 0.1) is 5.92 Å². The molecule has 1 aliphatic carbocycles. The summed E-state index contributed by atoms with van der Waals surface area (Å²) in [6.07, 6.45) is 2.80. The van der Waals surface area contributed by atoms with Gasteiger partial charge in [-0.3, -0.25) is 9.59 Å². The largest absolute Gasteiger partial charge is 0.300 e. The Labute approximate surface area is 74.3 Å². The number of hydrogen-bond donors (Lipinski definition) is 0. The van der Waals surface area contributed by atoms with E-state index in [2.05, 4.69) is 0 Å². The average Bonchev–Trinajstić information content (AvgIpc) is 2.09. The van der Waals surface area contributed by atoms with Crippen LogP contribution in [0.25, 0.3) is 0 Å². The van der Waals surface area contributed by atoms with E-state index in [1.54, 1.807) is 6.92 Å². The zero-order valence-electron chi connectivity index (χ0n) is 8.22. The second-order valence-corrected chi connectivity index (χ2v) is 2.92. The Bertz CT molecular complexity index is 151. The molecule has 0 spiro atoms. The van der Waals surface area contributed by atoms with Crippen molar-refractivity contribution in [3.8, 4) is 0 Å².